The van der Waals surface area contributed by atoms with Gasteiger partial charge in [0.05, 0.1) is 13.2 Å². The van der Waals surface area contributed by atoms with Gasteiger partial charge in [-0.15, -0.1) is 0 Å². The molecule has 0 aromatic rings. The van der Waals surface area contributed by atoms with Crippen molar-refractivity contribution in [1.29, 1.82) is 0 Å². The Labute approximate surface area is 351 Å². The van der Waals surface area contributed by atoms with Gasteiger partial charge >= 0.3 is 0 Å². The molecule has 10 aliphatic carbocycles. The van der Waals surface area contributed by atoms with Crippen LogP contribution in [0.5, 0.6) is 0 Å². The van der Waals surface area contributed by atoms with Crippen LogP contribution in [0.4, 0.5) is 0 Å². The Morgan fingerprint density at radius 2 is 0.825 bits per heavy atom. The topological polar surface area (TPSA) is 27.7 Å². The number of hydrogen-bond donors (Lipinski definition) is 0. The van der Waals surface area contributed by atoms with Gasteiger partial charge in [0.2, 0.25) is 0 Å². The maximum absolute atomic E-state index is 8.52. The minimum Gasteiger partial charge on any atom is -0.349 e. The summed E-state index contributed by atoms with van der Waals surface area (Å²) >= 11 is 0. The summed E-state index contributed by atoms with van der Waals surface area (Å²) in [5.74, 6) is 4.73. The van der Waals surface area contributed by atoms with E-state index in [0.717, 1.165) is 49.7 Å². The van der Waals surface area contributed by atoms with Gasteiger partial charge in [-0.1, -0.05) is 82.1 Å². The van der Waals surface area contributed by atoms with Crippen molar-refractivity contribution >= 4 is 0 Å². The van der Waals surface area contributed by atoms with E-state index in [1.54, 1.807) is 0 Å². The van der Waals surface area contributed by atoms with Gasteiger partial charge in [0, 0.05) is 24.7 Å². The Morgan fingerprint density at radius 3 is 1.14 bits per heavy atom. The van der Waals surface area contributed by atoms with E-state index in [-0.39, 0.29) is 0 Å². The van der Waals surface area contributed by atoms with Gasteiger partial charge < -0.3 is 14.2 Å². The van der Waals surface area contributed by atoms with Gasteiger partial charge in [-0.25, -0.2) is 0 Å². The lowest BCUT2D eigenvalue weighted by molar-refractivity contribution is -0.415. The number of fused-ring (bicyclic) bond motifs is 8. The highest BCUT2D eigenvalue weighted by molar-refractivity contribution is 5.16. The summed E-state index contributed by atoms with van der Waals surface area (Å²) in [5, 5.41) is 0. The first-order valence-corrected chi connectivity index (χ1v) is 25.7. The summed E-state index contributed by atoms with van der Waals surface area (Å²) in [6.45, 7) is 28.0. The molecular formula is C54H90O3. The first-order valence-electron chi connectivity index (χ1n) is 25.7. The molecule has 10 saturated carbocycles. The predicted molar refractivity (Wildman–Crippen MR) is 233 cm³/mol. The van der Waals surface area contributed by atoms with E-state index < -0.39 is 11.6 Å². The lowest BCUT2D eigenvalue weighted by Crippen LogP contribution is -2.61. The Morgan fingerprint density at radius 1 is 0.421 bits per heavy atom. The first kappa shape index (κ1) is 40.9. The van der Waals surface area contributed by atoms with Gasteiger partial charge in [-0.3, -0.25) is 0 Å². The third-order valence-corrected chi connectivity index (χ3v) is 24.0. The van der Waals surface area contributed by atoms with Crippen LogP contribution >= 0.6 is 0 Å². The molecule has 0 N–H and O–H groups in total. The number of hydrogen-bond acceptors (Lipinski definition) is 3. The van der Waals surface area contributed by atoms with Crippen molar-refractivity contribution in [2.75, 3.05) is 13.2 Å². The molecule has 3 nitrogen and oxygen atoms in total. The molecule has 14 atom stereocenters. The van der Waals surface area contributed by atoms with E-state index in [1.807, 2.05) is 0 Å². The average Bonchev–Trinajstić information content (AvgIpc) is 4.00. The van der Waals surface area contributed by atoms with E-state index in [0.29, 0.717) is 67.0 Å². The lowest BCUT2D eigenvalue weighted by atomic mass is 9.59. The largest absolute Gasteiger partial charge is 0.349 e. The molecule has 0 aromatic heterocycles. The Kier molecular flexibility index (Phi) is 9.48. The number of ether oxygens (including phenoxy) is 3. The van der Waals surface area contributed by atoms with E-state index in [9.17, 15) is 0 Å². The van der Waals surface area contributed by atoms with Crippen LogP contribution in [-0.2, 0) is 14.2 Å². The van der Waals surface area contributed by atoms with Crippen molar-refractivity contribution in [2.45, 2.75) is 235 Å². The molecule has 3 heteroatoms. The summed E-state index contributed by atoms with van der Waals surface area (Å²) in [6.07, 6.45) is 32.1. The fourth-order valence-electron chi connectivity index (χ4n) is 19.8. The minimum absolute atomic E-state index is 0.361. The highest BCUT2D eigenvalue weighted by atomic mass is 16.8. The summed E-state index contributed by atoms with van der Waals surface area (Å²) in [6, 6.07) is 0. The lowest BCUT2D eigenvalue weighted by Gasteiger charge is -2.58. The highest BCUT2D eigenvalue weighted by Gasteiger charge is 2.69. The van der Waals surface area contributed by atoms with Crippen LogP contribution in [0.25, 0.3) is 0 Å². The molecule has 0 aromatic carbocycles. The quantitative estimate of drug-likeness (QED) is 0.184. The number of rotatable bonds is 12. The van der Waals surface area contributed by atoms with Crippen molar-refractivity contribution < 1.29 is 14.2 Å². The molecule has 0 amide bonds. The Bertz CT molecular complexity index is 1430. The second-order valence-corrected chi connectivity index (χ2v) is 27.3. The Balaban J connectivity index is 1.02. The zero-order chi connectivity index (χ0) is 40.1. The van der Waals surface area contributed by atoms with Crippen LogP contribution < -0.4 is 0 Å². The summed E-state index contributed by atoms with van der Waals surface area (Å²) in [5.41, 5.74) is 3.47. The second kappa shape index (κ2) is 13.2. The highest BCUT2D eigenvalue weighted by Crippen LogP contribution is 2.74. The van der Waals surface area contributed by atoms with Crippen molar-refractivity contribution in [2.24, 2.45) is 90.7 Å². The van der Waals surface area contributed by atoms with Crippen LogP contribution in [-0.4, -0.2) is 24.8 Å². The maximum atomic E-state index is 8.52. The molecule has 0 heterocycles. The van der Waals surface area contributed by atoms with Gasteiger partial charge in [-0.05, 0) is 207 Å². The molecule has 57 heavy (non-hydrogen) atoms. The molecule has 10 rings (SSSR count). The fourth-order valence-corrected chi connectivity index (χ4v) is 19.8. The van der Waals surface area contributed by atoms with E-state index in [4.69, 9.17) is 14.2 Å². The monoisotopic (exact) mass is 787 g/mol. The van der Waals surface area contributed by atoms with Crippen LogP contribution in [0.2, 0.25) is 0 Å². The molecule has 0 radical (unpaired) electrons. The van der Waals surface area contributed by atoms with Crippen molar-refractivity contribution in [3.05, 3.63) is 0 Å². The van der Waals surface area contributed by atoms with E-state index >= 15 is 0 Å². The molecule has 14 unspecified atom stereocenters. The molecule has 10 fully saturated rings. The normalized spacial score (nSPS) is 53.4. The van der Waals surface area contributed by atoms with Crippen LogP contribution in [0, 0.1) is 90.7 Å². The fraction of sp³-hybridized carbons (Fsp3) is 1.00. The van der Waals surface area contributed by atoms with Gasteiger partial charge in [0.25, 0.3) is 0 Å². The second-order valence-electron chi connectivity index (χ2n) is 27.3. The van der Waals surface area contributed by atoms with Crippen LogP contribution in [0.3, 0.4) is 0 Å². The molecular weight excluding hydrogens is 697 g/mol. The smallest absolute Gasteiger partial charge is 0.174 e. The summed E-state index contributed by atoms with van der Waals surface area (Å²) in [4.78, 5) is 0. The molecule has 324 valence electrons. The third-order valence-electron chi connectivity index (χ3n) is 24.0. The van der Waals surface area contributed by atoms with Crippen molar-refractivity contribution in [1.82, 2.24) is 0 Å². The van der Waals surface area contributed by atoms with Gasteiger partial charge in [0.15, 0.2) is 11.6 Å². The molecule has 0 aliphatic heterocycles. The molecule has 8 bridgehead atoms. The SMILES string of the molecule is CC1(C)CC2(CCOC3(OC4(OCCC56CCC(C5)C(C)(C)C6)CCCCC4C4CC5CCC4(C)C5(C)C)CCCCC3C3CC4CCC3(C)C4(C)C)CCC1C2. The summed E-state index contributed by atoms with van der Waals surface area (Å²) < 4.78 is 24.3. The Hall–Kier alpha value is -0.120. The standard InChI is InChI=1S/C54H90O3/c1-45(2)35-51(25-19-39(45)33-51)27-29-55-53(21-13-11-15-41(53)43-31-37-17-23-49(43,9)47(37,5)6)57-54(56-30-28-52-26-20-40(34-52)46(3,4)36-52)22-14-12-16-42(54)44-32-38-18-24-50(44,10)48(38,7)8/h37-44H,11-36H2,1-10H3. The average molecular weight is 787 g/mol. The van der Waals surface area contributed by atoms with Crippen LogP contribution in [0.15, 0.2) is 0 Å². The minimum atomic E-state index is -0.537. The van der Waals surface area contributed by atoms with E-state index in [2.05, 4.69) is 69.2 Å². The van der Waals surface area contributed by atoms with Gasteiger partial charge in [-0.2, -0.15) is 0 Å². The van der Waals surface area contributed by atoms with Crippen LogP contribution in [0.1, 0.15) is 223 Å². The van der Waals surface area contributed by atoms with Crippen molar-refractivity contribution in [3.63, 3.8) is 0 Å². The van der Waals surface area contributed by atoms with Gasteiger partial charge in [0.1, 0.15) is 0 Å². The molecule has 0 saturated heterocycles. The van der Waals surface area contributed by atoms with Crippen molar-refractivity contribution in [3.8, 4) is 0 Å². The third kappa shape index (κ3) is 5.90. The first-order chi connectivity index (χ1) is 26.7. The zero-order valence-electron chi connectivity index (χ0n) is 39.2. The van der Waals surface area contributed by atoms with E-state index in [1.165, 1.54) is 141 Å². The maximum Gasteiger partial charge on any atom is 0.174 e. The summed E-state index contributed by atoms with van der Waals surface area (Å²) in [7, 11) is 0. The molecule has 10 aliphatic rings. The molecule has 0 spiro atoms. The zero-order valence-corrected chi connectivity index (χ0v) is 39.2. The predicted octanol–water partition coefficient (Wildman–Crippen LogP) is 14.9.